The molecule has 18 heavy (non-hydrogen) atoms. The molecule has 0 aliphatic rings. The van der Waals surface area contributed by atoms with Crippen molar-refractivity contribution in [3.8, 4) is 5.75 Å². The molecule has 0 radical (unpaired) electrons. The second-order valence-corrected chi connectivity index (χ2v) is 4.31. The van der Waals surface area contributed by atoms with Gasteiger partial charge in [0.15, 0.2) is 6.10 Å². The Morgan fingerprint density at radius 1 is 1.39 bits per heavy atom. The van der Waals surface area contributed by atoms with Crippen LogP contribution in [0.1, 0.15) is 26.3 Å². The number of hydrogen-bond acceptors (Lipinski definition) is 3. The van der Waals surface area contributed by atoms with Gasteiger partial charge >= 0.3 is 0 Å². The number of benzene rings is 1. The van der Waals surface area contributed by atoms with Gasteiger partial charge in [-0.05, 0) is 45.4 Å². The molecule has 1 rings (SSSR count). The molecule has 0 spiro atoms. The lowest BCUT2D eigenvalue weighted by atomic mass is 10.2. The fraction of sp³-hybridized carbons (Fsp3) is 0.500. The Kier molecular flexibility index (Phi) is 5.01. The predicted molar refractivity (Wildman–Crippen MR) is 73.6 cm³/mol. The molecule has 1 aromatic carbocycles. The van der Waals surface area contributed by atoms with Crippen LogP contribution in [-0.2, 0) is 4.79 Å². The molecule has 100 valence electrons. The van der Waals surface area contributed by atoms with Crippen molar-refractivity contribution in [1.82, 2.24) is 4.90 Å². The maximum absolute atomic E-state index is 12.0. The van der Waals surface area contributed by atoms with Crippen LogP contribution in [0.15, 0.2) is 18.2 Å². The number of aryl methyl sites for hydroxylation is 1. The highest BCUT2D eigenvalue weighted by molar-refractivity contribution is 5.81. The molecule has 0 saturated heterocycles. The Morgan fingerprint density at radius 3 is 2.50 bits per heavy atom. The zero-order valence-corrected chi connectivity index (χ0v) is 11.6. The molecule has 0 saturated carbocycles. The number of nitrogens with zero attached hydrogens (tertiary/aromatic N) is 1. The van der Waals surface area contributed by atoms with Crippen LogP contribution >= 0.6 is 0 Å². The highest BCUT2D eigenvalue weighted by atomic mass is 16.5. The van der Waals surface area contributed by atoms with E-state index in [4.69, 9.17) is 10.5 Å². The minimum atomic E-state index is -0.519. The summed E-state index contributed by atoms with van der Waals surface area (Å²) in [6.45, 7) is 8.99. The molecule has 0 fully saturated rings. The Labute approximate surface area is 109 Å². The lowest BCUT2D eigenvalue weighted by molar-refractivity contribution is -0.137. The minimum absolute atomic E-state index is 0.0139. The first-order valence-corrected chi connectivity index (χ1v) is 6.31. The van der Waals surface area contributed by atoms with Crippen molar-refractivity contribution >= 4 is 11.6 Å². The van der Waals surface area contributed by atoms with Crippen LogP contribution < -0.4 is 10.5 Å². The lowest BCUT2D eigenvalue weighted by Gasteiger charge is -2.23. The summed E-state index contributed by atoms with van der Waals surface area (Å²) >= 11 is 0. The second kappa shape index (κ2) is 6.28. The van der Waals surface area contributed by atoms with Gasteiger partial charge in [-0.15, -0.1) is 0 Å². The molecule has 4 nitrogen and oxygen atoms in total. The topological polar surface area (TPSA) is 55.6 Å². The number of nitrogens with two attached hydrogens (primary N) is 1. The Morgan fingerprint density at radius 2 is 2.00 bits per heavy atom. The molecule has 4 heteroatoms. The van der Waals surface area contributed by atoms with E-state index >= 15 is 0 Å². The third kappa shape index (κ3) is 3.39. The summed E-state index contributed by atoms with van der Waals surface area (Å²) in [4.78, 5) is 13.8. The van der Waals surface area contributed by atoms with Crippen LogP contribution in [0, 0.1) is 6.92 Å². The number of anilines is 1. The summed E-state index contributed by atoms with van der Waals surface area (Å²) in [7, 11) is 0. The maximum Gasteiger partial charge on any atom is 0.263 e. The Bertz CT molecular complexity index is 414. The van der Waals surface area contributed by atoms with Gasteiger partial charge in [0.05, 0.1) is 5.69 Å². The molecule has 1 unspecified atom stereocenters. The summed E-state index contributed by atoms with van der Waals surface area (Å²) in [5.74, 6) is 0.550. The molecule has 0 bridgehead atoms. The number of nitrogen functional groups attached to an aromatic ring is 1. The van der Waals surface area contributed by atoms with Crippen LogP contribution in [0.5, 0.6) is 5.75 Å². The third-order valence-corrected chi connectivity index (χ3v) is 2.89. The van der Waals surface area contributed by atoms with Crippen molar-refractivity contribution in [2.45, 2.75) is 33.8 Å². The first kappa shape index (κ1) is 14.4. The zero-order valence-electron chi connectivity index (χ0n) is 11.6. The Hall–Kier alpha value is -1.71. The van der Waals surface area contributed by atoms with E-state index in [9.17, 15) is 4.79 Å². The SMILES string of the molecule is CCN(CC)C(=O)C(C)Oc1ccc(C)cc1N. The van der Waals surface area contributed by atoms with Crippen molar-refractivity contribution < 1.29 is 9.53 Å². The molecule has 1 atom stereocenters. The van der Waals surface area contributed by atoms with Gasteiger partial charge in [0.2, 0.25) is 0 Å². The van der Waals surface area contributed by atoms with Crippen LogP contribution in [0.2, 0.25) is 0 Å². The quantitative estimate of drug-likeness (QED) is 0.815. The van der Waals surface area contributed by atoms with E-state index < -0.39 is 6.10 Å². The second-order valence-electron chi connectivity index (χ2n) is 4.31. The summed E-state index contributed by atoms with van der Waals surface area (Å²) < 4.78 is 5.63. The van der Waals surface area contributed by atoms with Crippen LogP contribution in [0.4, 0.5) is 5.69 Å². The molecule has 1 amide bonds. The summed E-state index contributed by atoms with van der Waals surface area (Å²) in [5.41, 5.74) is 7.50. The fourth-order valence-corrected chi connectivity index (χ4v) is 1.81. The summed E-state index contributed by atoms with van der Waals surface area (Å²) in [5, 5.41) is 0. The van der Waals surface area contributed by atoms with E-state index in [1.165, 1.54) is 0 Å². The van der Waals surface area contributed by atoms with Gasteiger partial charge in [0.1, 0.15) is 5.75 Å². The minimum Gasteiger partial charge on any atom is -0.479 e. The van der Waals surface area contributed by atoms with Gasteiger partial charge in [0, 0.05) is 13.1 Å². The maximum atomic E-state index is 12.0. The smallest absolute Gasteiger partial charge is 0.263 e. The monoisotopic (exact) mass is 250 g/mol. The lowest BCUT2D eigenvalue weighted by Crippen LogP contribution is -2.40. The van der Waals surface area contributed by atoms with Gasteiger partial charge in [-0.3, -0.25) is 4.79 Å². The number of ether oxygens (including phenoxy) is 1. The number of amides is 1. The number of hydrogen-bond donors (Lipinski definition) is 1. The molecule has 1 aromatic rings. The predicted octanol–water partition coefficient (Wildman–Crippen LogP) is 2.21. The highest BCUT2D eigenvalue weighted by Crippen LogP contribution is 2.23. The number of carbonyl (C=O) groups excluding carboxylic acids is 1. The zero-order chi connectivity index (χ0) is 13.7. The van der Waals surface area contributed by atoms with Gasteiger partial charge < -0.3 is 15.4 Å². The van der Waals surface area contributed by atoms with E-state index in [1.54, 1.807) is 17.9 Å². The van der Waals surface area contributed by atoms with Crippen molar-refractivity contribution in [2.75, 3.05) is 18.8 Å². The van der Waals surface area contributed by atoms with Crippen LogP contribution in [0.3, 0.4) is 0 Å². The van der Waals surface area contributed by atoms with E-state index in [2.05, 4.69) is 0 Å². The van der Waals surface area contributed by atoms with Crippen LogP contribution in [-0.4, -0.2) is 30.0 Å². The molecule has 0 aliphatic heterocycles. The van der Waals surface area contributed by atoms with E-state index in [0.717, 1.165) is 5.56 Å². The molecule has 0 aromatic heterocycles. The third-order valence-electron chi connectivity index (χ3n) is 2.89. The van der Waals surface area contributed by atoms with Gasteiger partial charge in [0.25, 0.3) is 5.91 Å². The molecule has 0 aliphatic carbocycles. The number of likely N-dealkylation sites (N-methyl/N-ethyl adjacent to an activating group) is 1. The first-order chi connectivity index (χ1) is 8.49. The highest BCUT2D eigenvalue weighted by Gasteiger charge is 2.20. The average molecular weight is 250 g/mol. The molecule has 0 heterocycles. The standard InChI is InChI=1S/C14H22N2O2/c1-5-16(6-2)14(17)11(4)18-13-8-7-10(3)9-12(13)15/h7-9,11H,5-6,15H2,1-4H3. The largest absolute Gasteiger partial charge is 0.479 e. The normalized spacial score (nSPS) is 12.0. The van der Waals surface area contributed by atoms with Gasteiger partial charge in [-0.1, -0.05) is 6.07 Å². The van der Waals surface area contributed by atoms with Crippen molar-refractivity contribution in [2.24, 2.45) is 0 Å². The van der Waals surface area contributed by atoms with Crippen molar-refractivity contribution in [3.63, 3.8) is 0 Å². The van der Waals surface area contributed by atoms with Crippen LogP contribution in [0.25, 0.3) is 0 Å². The average Bonchev–Trinajstić information content (AvgIpc) is 2.34. The first-order valence-electron chi connectivity index (χ1n) is 6.31. The van der Waals surface area contributed by atoms with Gasteiger partial charge in [-0.2, -0.15) is 0 Å². The summed E-state index contributed by atoms with van der Waals surface area (Å²) in [6, 6.07) is 5.56. The number of carbonyl (C=O) groups is 1. The Balaban J connectivity index is 2.75. The van der Waals surface area contributed by atoms with E-state index in [-0.39, 0.29) is 5.91 Å². The number of rotatable bonds is 5. The molecule has 2 N–H and O–H groups in total. The fourth-order valence-electron chi connectivity index (χ4n) is 1.81. The van der Waals surface area contributed by atoms with E-state index in [0.29, 0.717) is 24.5 Å². The molecular formula is C14H22N2O2. The van der Waals surface area contributed by atoms with Gasteiger partial charge in [-0.25, -0.2) is 0 Å². The summed E-state index contributed by atoms with van der Waals surface area (Å²) in [6.07, 6.45) is -0.519. The van der Waals surface area contributed by atoms with Crippen molar-refractivity contribution in [1.29, 1.82) is 0 Å². The molecular weight excluding hydrogens is 228 g/mol. The van der Waals surface area contributed by atoms with Crippen molar-refractivity contribution in [3.05, 3.63) is 23.8 Å². The van der Waals surface area contributed by atoms with E-state index in [1.807, 2.05) is 32.9 Å².